The van der Waals surface area contributed by atoms with Crippen LogP contribution in [0.3, 0.4) is 0 Å². The third kappa shape index (κ3) is 5.27. The van der Waals surface area contributed by atoms with Crippen LogP contribution >= 0.6 is 23.4 Å². The molecule has 0 unspecified atom stereocenters. The number of carbonyl (C=O) groups excluding carboxylic acids is 2. The van der Waals surface area contributed by atoms with Gasteiger partial charge in [-0.3, -0.25) is 9.59 Å². The number of thioether (sulfide) groups is 1. The average Bonchev–Trinajstić information content (AvgIpc) is 2.70. The number of halogens is 1. The number of anilines is 1. The molecule has 1 aliphatic rings. The quantitative estimate of drug-likeness (QED) is 0.709. The Morgan fingerprint density at radius 2 is 1.70 bits per heavy atom. The molecule has 1 fully saturated rings. The second-order valence-electron chi connectivity index (χ2n) is 6.60. The molecule has 27 heavy (non-hydrogen) atoms. The Hall–Kier alpha value is -1.98. The van der Waals surface area contributed by atoms with Gasteiger partial charge in [0.2, 0.25) is 5.91 Å². The SMILES string of the molecule is C[C@H](Sc1ccc(Cl)cc1)C(=O)Nc1ccccc1C(=O)N1CCCCC1. The summed E-state index contributed by atoms with van der Waals surface area (Å²) in [4.78, 5) is 28.4. The van der Waals surface area contributed by atoms with E-state index < -0.39 is 0 Å². The highest BCUT2D eigenvalue weighted by molar-refractivity contribution is 8.00. The van der Waals surface area contributed by atoms with Gasteiger partial charge in [-0.1, -0.05) is 23.7 Å². The summed E-state index contributed by atoms with van der Waals surface area (Å²) in [7, 11) is 0. The fourth-order valence-electron chi connectivity index (χ4n) is 3.05. The number of para-hydroxylation sites is 1. The largest absolute Gasteiger partial charge is 0.339 e. The van der Waals surface area contributed by atoms with E-state index in [1.165, 1.54) is 18.2 Å². The molecule has 0 spiro atoms. The molecule has 1 saturated heterocycles. The molecule has 0 bridgehead atoms. The molecule has 1 atom stereocenters. The lowest BCUT2D eigenvalue weighted by atomic mass is 10.1. The number of amides is 2. The van der Waals surface area contributed by atoms with Crippen molar-refractivity contribution in [2.75, 3.05) is 18.4 Å². The van der Waals surface area contributed by atoms with Gasteiger partial charge in [-0.2, -0.15) is 0 Å². The summed E-state index contributed by atoms with van der Waals surface area (Å²) in [6.07, 6.45) is 3.24. The molecule has 1 aliphatic heterocycles. The third-order valence-corrected chi connectivity index (χ3v) is 5.92. The number of hydrogen-bond acceptors (Lipinski definition) is 3. The number of nitrogens with one attached hydrogen (secondary N) is 1. The van der Waals surface area contributed by atoms with Gasteiger partial charge in [-0.15, -0.1) is 11.8 Å². The van der Waals surface area contributed by atoms with Crippen molar-refractivity contribution >= 4 is 40.9 Å². The molecule has 3 rings (SSSR count). The van der Waals surface area contributed by atoms with E-state index in [1.54, 1.807) is 24.3 Å². The van der Waals surface area contributed by atoms with Gasteiger partial charge in [0, 0.05) is 23.0 Å². The first kappa shape index (κ1) is 19.8. The van der Waals surface area contributed by atoms with Crippen molar-refractivity contribution in [3.63, 3.8) is 0 Å². The fraction of sp³-hybridized carbons (Fsp3) is 0.333. The second kappa shape index (κ2) is 9.29. The molecule has 0 radical (unpaired) electrons. The summed E-state index contributed by atoms with van der Waals surface area (Å²) in [5.74, 6) is -0.141. The first-order chi connectivity index (χ1) is 13.0. The maximum absolute atomic E-state index is 12.9. The number of benzene rings is 2. The van der Waals surface area contributed by atoms with Crippen molar-refractivity contribution in [2.45, 2.75) is 36.3 Å². The average molecular weight is 403 g/mol. The van der Waals surface area contributed by atoms with E-state index in [1.807, 2.05) is 36.1 Å². The van der Waals surface area contributed by atoms with E-state index in [2.05, 4.69) is 5.32 Å². The van der Waals surface area contributed by atoms with Crippen molar-refractivity contribution in [3.05, 3.63) is 59.1 Å². The molecule has 2 amide bonds. The normalized spacial score (nSPS) is 15.3. The van der Waals surface area contributed by atoms with Crippen LogP contribution in [0.2, 0.25) is 5.02 Å². The van der Waals surface area contributed by atoms with Gasteiger partial charge < -0.3 is 10.2 Å². The van der Waals surface area contributed by atoms with Crippen LogP contribution in [0, 0.1) is 0 Å². The standard InChI is InChI=1S/C21H23ClN2O2S/c1-15(27-17-11-9-16(22)10-12-17)20(25)23-19-8-4-3-7-18(19)21(26)24-13-5-2-6-14-24/h3-4,7-12,15H,2,5-6,13-14H2,1H3,(H,23,25)/t15-/m0/s1. The van der Waals surface area contributed by atoms with Gasteiger partial charge in [0.15, 0.2) is 0 Å². The Morgan fingerprint density at radius 1 is 1.04 bits per heavy atom. The van der Waals surface area contributed by atoms with E-state index >= 15 is 0 Å². The summed E-state index contributed by atoms with van der Waals surface area (Å²) in [5, 5.41) is 3.30. The number of likely N-dealkylation sites (tertiary alicyclic amines) is 1. The van der Waals surface area contributed by atoms with Crippen LogP contribution in [-0.2, 0) is 4.79 Å². The Morgan fingerprint density at radius 3 is 2.41 bits per heavy atom. The van der Waals surface area contributed by atoms with Crippen LogP contribution < -0.4 is 5.32 Å². The van der Waals surface area contributed by atoms with Gasteiger partial charge >= 0.3 is 0 Å². The molecular weight excluding hydrogens is 380 g/mol. The smallest absolute Gasteiger partial charge is 0.255 e. The van der Waals surface area contributed by atoms with Crippen molar-refractivity contribution in [3.8, 4) is 0 Å². The van der Waals surface area contributed by atoms with E-state index in [0.29, 0.717) is 16.3 Å². The van der Waals surface area contributed by atoms with E-state index in [0.717, 1.165) is 30.8 Å². The van der Waals surface area contributed by atoms with Crippen molar-refractivity contribution in [1.82, 2.24) is 4.90 Å². The summed E-state index contributed by atoms with van der Waals surface area (Å²) in [6, 6.07) is 14.6. The fourth-order valence-corrected chi connectivity index (χ4v) is 4.04. The van der Waals surface area contributed by atoms with Gasteiger partial charge in [0.25, 0.3) is 5.91 Å². The van der Waals surface area contributed by atoms with Crippen molar-refractivity contribution < 1.29 is 9.59 Å². The van der Waals surface area contributed by atoms with Crippen molar-refractivity contribution in [2.24, 2.45) is 0 Å². The summed E-state index contributed by atoms with van der Waals surface area (Å²) in [6.45, 7) is 3.41. The first-order valence-corrected chi connectivity index (χ1v) is 10.4. The Kier molecular flexibility index (Phi) is 6.80. The van der Waals surface area contributed by atoms with Gasteiger partial charge in [0.1, 0.15) is 0 Å². The van der Waals surface area contributed by atoms with E-state index in [-0.39, 0.29) is 17.1 Å². The monoisotopic (exact) mass is 402 g/mol. The van der Waals surface area contributed by atoms with Crippen LogP contribution in [0.15, 0.2) is 53.4 Å². The van der Waals surface area contributed by atoms with Crippen LogP contribution in [0.1, 0.15) is 36.5 Å². The zero-order valence-corrected chi connectivity index (χ0v) is 16.9. The lowest BCUT2D eigenvalue weighted by Crippen LogP contribution is -2.36. The van der Waals surface area contributed by atoms with Gasteiger partial charge in [-0.25, -0.2) is 0 Å². The van der Waals surface area contributed by atoms with Crippen LogP contribution in [0.4, 0.5) is 5.69 Å². The molecule has 4 nitrogen and oxygen atoms in total. The van der Waals surface area contributed by atoms with Crippen molar-refractivity contribution in [1.29, 1.82) is 0 Å². The number of carbonyl (C=O) groups is 2. The topological polar surface area (TPSA) is 49.4 Å². The zero-order valence-electron chi connectivity index (χ0n) is 15.3. The lowest BCUT2D eigenvalue weighted by molar-refractivity contribution is -0.115. The Balaban J connectivity index is 1.68. The molecule has 1 heterocycles. The van der Waals surface area contributed by atoms with Crippen LogP contribution in [0.5, 0.6) is 0 Å². The maximum atomic E-state index is 12.9. The van der Waals surface area contributed by atoms with Gasteiger partial charge in [-0.05, 0) is 62.6 Å². The number of rotatable bonds is 5. The number of nitrogens with zero attached hydrogens (tertiary/aromatic N) is 1. The molecule has 0 aliphatic carbocycles. The molecule has 2 aromatic rings. The summed E-state index contributed by atoms with van der Waals surface area (Å²) < 4.78 is 0. The van der Waals surface area contributed by atoms with E-state index in [4.69, 9.17) is 11.6 Å². The molecular formula is C21H23ClN2O2S. The van der Waals surface area contributed by atoms with Crippen LogP contribution in [-0.4, -0.2) is 35.1 Å². The number of piperidine rings is 1. The van der Waals surface area contributed by atoms with Crippen LogP contribution in [0.25, 0.3) is 0 Å². The maximum Gasteiger partial charge on any atom is 0.255 e. The molecule has 142 valence electrons. The Labute approximate surface area is 169 Å². The minimum absolute atomic E-state index is 0.0105. The Bertz CT molecular complexity index is 804. The molecule has 0 saturated carbocycles. The summed E-state index contributed by atoms with van der Waals surface area (Å²) in [5.41, 5.74) is 1.12. The predicted octanol–water partition coefficient (Wildman–Crippen LogP) is 5.09. The highest BCUT2D eigenvalue weighted by atomic mass is 35.5. The highest BCUT2D eigenvalue weighted by Gasteiger charge is 2.22. The number of hydrogen-bond donors (Lipinski definition) is 1. The predicted molar refractivity (Wildman–Crippen MR) is 112 cm³/mol. The minimum atomic E-state index is -0.302. The molecule has 1 N–H and O–H groups in total. The first-order valence-electron chi connectivity index (χ1n) is 9.16. The zero-order chi connectivity index (χ0) is 19.2. The lowest BCUT2D eigenvalue weighted by Gasteiger charge is -2.27. The summed E-state index contributed by atoms with van der Waals surface area (Å²) >= 11 is 7.36. The third-order valence-electron chi connectivity index (χ3n) is 4.55. The van der Waals surface area contributed by atoms with E-state index in [9.17, 15) is 9.59 Å². The molecule has 6 heteroatoms. The van der Waals surface area contributed by atoms with Gasteiger partial charge in [0.05, 0.1) is 16.5 Å². The molecule has 0 aromatic heterocycles. The molecule has 2 aromatic carbocycles. The highest BCUT2D eigenvalue weighted by Crippen LogP contribution is 2.26. The minimum Gasteiger partial charge on any atom is -0.339 e. The second-order valence-corrected chi connectivity index (χ2v) is 8.45.